The Kier molecular flexibility index (Phi) is 7.19. The number of carbonyl (C=O) groups is 2. The summed E-state index contributed by atoms with van der Waals surface area (Å²) in [6.07, 6.45) is -0.891. The van der Waals surface area contributed by atoms with Gasteiger partial charge in [0.2, 0.25) is 0 Å². The van der Waals surface area contributed by atoms with Crippen molar-refractivity contribution in [2.75, 3.05) is 0 Å². The van der Waals surface area contributed by atoms with Gasteiger partial charge in [0, 0.05) is 9.95 Å². The van der Waals surface area contributed by atoms with Crippen LogP contribution in [0.1, 0.15) is 53.1 Å². The summed E-state index contributed by atoms with van der Waals surface area (Å²) in [5.74, 6) is -1.07. The highest BCUT2D eigenvalue weighted by atomic mass is 35.5. The largest absolute Gasteiger partial charge is 0.455 e. The van der Waals surface area contributed by atoms with Gasteiger partial charge in [0.1, 0.15) is 17.2 Å². The number of rotatable bonds is 5. The molecule has 1 unspecified atom stereocenters. The molecule has 0 saturated carbocycles. The molecule has 0 aliphatic heterocycles. The zero-order valence-electron chi connectivity index (χ0n) is 16.2. The van der Waals surface area contributed by atoms with Crippen molar-refractivity contribution in [3.63, 3.8) is 0 Å². The number of amides is 1. The molecule has 1 aromatic rings. The van der Waals surface area contributed by atoms with Crippen LogP contribution in [0.25, 0.3) is 0 Å². The van der Waals surface area contributed by atoms with Crippen LogP contribution >= 0.6 is 11.6 Å². The first-order chi connectivity index (χ1) is 12.2. The fourth-order valence-electron chi connectivity index (χ4n) is 2.16. The standard InChI is InChI=1S/C18H25ClN2O6/c1-17(2,3)26-15(22)14(21(24)25)13(11-7-9-12(19)10-8-11)20-16(23)27-18(4,5)6/h7-10,13-14H,1-6H3,(H,20,23)/t13-,14?/m1/s1. The van der Waals surface area contributed by atoms with Crippen LogP contribution in [-0.4, -0.2) is 34.2 Å². The van der Waals surface area contributed by atoms with Crippen LogP contribution in [0.4, 0.5) is 4.79 Å². The highest BCUT2D eigenvalue weighted by Crippen LogP contribution is 2.24. The normalized spacial score (nSPS) is 14.0. The summed E-state index contributed by atoms with van der Waals surface area (Å²) in [6.45, 7) is 9.76. The van der Waals surface area contributed by atoms with E-state index < -0.39 is 40.3 Å². The summed E-state index contributed by atoms with van der Waals surface area (Å²) in [6, 6.07) is 2.83. The maximum Gasteiger partial charge on any atom is 0.408 e. The number of halogens is 1. The lowest BCUT2D eigenvalue weighted by molar-refractivity contribution is -0.516. The van der Waals surface area contributed by atoms with E-state index >= 15 is 0 Å². The fraction of sp³-hybridized carbons (Fsp3) is 0.556. The Hall–Kier alpha value is -2.35. The zero-order chi connectivity index (χ0) is 21.0. The lowest BCUT2D eigenvalue weighted by Gasteiger charge is -2.27. The van der Waals surface area contributed by atoms with Gasteiger partial charge in [-0.2, -0.15) is 0 Å². The van der Waals surface area contributed by atoms with Crippen molar-refractivity contribution in [2.24, 2.45) is 0 Å². The summed E-state index contributed by atoms with van der Waals surface area (Å²) in [5, 5.41) is 14.5. The average Bonchev–Trinajstić information content (AvgIpc) is 2.42. The predicted octanol–water partition coefficient (Wildman–Crippen LogP) is 3.89. The van der Waals surface area contributed by atoms with Gasteiger partial charge in [-0.15, -0.1) is 0 Å². The third-order valence-corrected chi connectivity index (χ3v) is 3.34. The topological polar surface area (TPSA) is 108 Å². The number of ether oxygens (including phenoxy) is 2. The molecule has 0 saturated heterocycles. The van der Waals surface area contributed by atoms with Crippen LogP contribution in [0.3, 0.4) is 0 Å². The van der Waals surface area contributed by atoms with E-state index in [1.165, 1.54) is 24.3 Å². The molecule has 0 heterocycles. The van der Waals surface area contributed by atoms with E-state index in [9.17, 15) is 19.7 Å². The maximum absolute atomic E-state index is 12.5. The van der Waals surface area contributed by atoms with E-state index in [-0.39, 0.29) is 0 Å². The molecule has 0 bridgehead atoms. The molecule has 0 radical (unpaired) electrons. The minimum Gasteiger partial charge on any atom is -0.455 e. The minimum atomic E-state index is -1.86. The van der Waals surface area contributed by atoms with Gasteiger partial charge >= 0.3 is 18.1 Å². The number of hydrogen-bond acceptors (Lipinski definition) is 6. The number of carbonyl (C=O) groups excluding carboxylic acids is 2. The average molecular weight is 401 g/mol. The molecule has 9 heteroatoms. The van der Waals surface area contributed by atoms with Crippen LogP contribution in [-0.2, 0) is 14.3 Å². The Morgan fingerprint density at radius 1 is 1.04 bits per heavy atom. The second-order valence-electron chi connectivity index (χ2n) is 7.94. The lowest BCUT2D eigenvalue weighted by Crippen LogP contribution is -2.48. The molecule has 1 amide bonds. The Morgan fingerprint density at radius 2 is 1.52 bits per heavy atom. The molecule has 1 N–H and O–H groups in total. The molecule has 27 heavy (non-hydrogen) atoms. The molecule has 0 aromatic heterocycles. The number of nitrogens with zero attached hydrogens (tertiary/aromatic N) is 1. The fourth-order valence-corrected chi connectivity index (χ4v) is 2.28. The van der Waals surface area contributed by atoms with E-state index in [2.05, 4.69) is 5.32 Å². The number of nitro groups is 1. The number of esters is 1. The van der Waals surface area contributed by atoms with E-state index in [0.29, 0.717) is 10.6 Å². The zero-order valence-corrected chi connectivity index (χ0v) is 17.0. The van der Waals surface area contributed by atoms with Crippen LogP contribution in [0.15, 0.2) is 24.3 Å². The van der Waals surface area contributed by atoms with Crippen molar-refractivity contribution in [1.82, 2.24) is 5.32 Å². The Balaban J connectivity index is 3.27. The SMILES string of the molecule is CC(C)(C)OC(=O)N[C@H](c1ccc(Cl)cc1)C(C(=O)OC(C)(C)C)[N+](=O)[O-]. The van der Waals surface area contributed by atoms with Gasteiger partial charge in [-0.1, -0.05) is 23.7 Å². The van der Waals surface area contributed by atoms with Crippen molar-refractivity contribution in [1.29, 1.82) is 0 Å². The van der Waals surface area contributed by atoms with Gasteiger partial charge in [0.25, 0.3) is 0 Å². The Bertz CT molecular complexity index is 691. The molecule has 2 atom stereocenters. The maximum atomic E-state index is 12.5. The van der Waals surface area contributed by atoms with Crippen LogP contribution in [0, 0.1) is 10.1 Å². The molecule has 0 fully saturated rings. The van der Waals surface area contributed by atoms with E-state index in [0.717, 1.165) is 0 Å². The highest BCUT2D eigenvalue weighted by Gasteiger charge is 2.44. The van der Waals surface area contributed by atoms with Gasteiger partial charge in [-0.25, -0.2) is 9.59 Å². The van der Waals surface area contributed by atoms with E-state index in [1.54, 1.807) is 41.5 Å². The van der Waals surface area contributed by atoms with Crippen LogP contribution < -0.4 is 5.32 Å². The monoisotopic (exact) mass is 400 g/mol. The van der Waals surface area contributed by atoms with Crippen molar-refractivity contribution in [3.05, 3.63) is 45.0 Å². The van der Waals surface area contributed by atoms with E-state index in [4.69, 9.17) is 21.1 Å². The molecule has 8 nitrogen and oxygen atoms in total. The third-order valence-electron chi connectivity index (χ3n) is 3.09. The van der Waals surface area contributed by atoms with Gasteiger partial charge in [-0.05, 0) is 59.2 Å². The van der Waals surface area contributed by atoms with Crippen molar-refractivity contribution in [2.45, 2.75) is 64.8 Å². The Labute approximate surface area is 163 Å². The van der Waals surface area contributed by atoms with Gasteiger partial charge < -0.3 is 14.8 Å². The number of alkyl carbamates (subject to hydrolysis) is 1. The molecule has 0 aliphatic carbocycles. The van der Waals surface area contributed by atoms with Crippen molar-refractivity contribution < 1.29 is 24.0 Å². The van der Waals surface area contributed by atoms with Crippen LogP contribution in [0.5, 0.6) is 0 Å². The molecule has 1 rings (SSSR count). The molecule has 150 valence electrons. The molecule has 0 aliphatic rings. The van der Waals surface area contributed by atoms with Crippen LogP contribution in [0.2, 0.25) is 5.02 Å². The lowest BCUT2D eigenvalue weighted by atomic mass is 9.99. The van der Waals surface area contributed by atoms with Gasteiger partial charge in [0.15, 0.2) is 0 Å². The molecule has 0 spiro atoms. The quantitative estimate of drug-likeness (QED) is 0.456. The second-order valence-corrected chi connectivity index (χ2v) is 8.38. The highest BCUT2D eigenvalue weighted by molar-refractivity contribution is 6.30. The summed E-state index contributed by atoms with van der Waals surface area (Å²) in [4.78, 5) is 35.6. The summed E-state index contributed by atoms with van der Waals surface area (Å²) in [5.41, 5.74) is -1.43. The summed E-state index contributed by atoms with van der Waals surface area (Å²) >= 11 is 5.86. The molecule has 1 aromatic carbocycles. The van der Waals surface area contributed by atoms with Crippen molar-refractivity contribution >= 4 is 23.7 Å². The third kappa shape index (κ3) is 7.82. The number of nitrogens with one attached hydrogen (secondary N) is 1. The number of hydrogen-bond donors (Lipinski definition) is 1. The number of benzene rings is 1. The first-order valence-electron chi connectivity index (χ1n) is 8.31. The predicted molar refractivity (Wildman–Crippen MR) is 100 cm³/mol. The second kappa shape index (κ2) is 8.56. The first kappa shape index (κ1) is 22.7. The van der Waals surface area contributed by atoms with Crippen molar-refractivity contribution in [3.8, 4) is 0 Å². The smallest absolute Gasteiger partial charge is 0.408 e. The molecular formula is C18H25ClN2O6. The van der Waals surface area contributed by atoms with E-state index in [1.807, 2.05) is 0 Å². The summed E-state index contributed by atoms with van der Waals surface area (Å²) < 4.78 is 10.3. The summed E-state index contributed by atoms with van der Waals surface area (Å²) in [7, 11) is 0. The minimum absolute atomic E-state index is 0.317. The Morgan fingerprint density at radius 3 is 1.93 bits per heavy atom. The first-order valence-corrected chi connectivity index (χ1v) is 8.69. The van der Waals surface area contributed by atoms with Gasteiger partial charge in [-0.3, -0.25) is 10.1 Å². The van der Waals surface area contributed by atoms with Gasteiger partial charge in [0.05, 0.1) is 0 Å². The molecular weight excluding hydrogens is 376 g/mol.